The van der Waals surface area contributed by atoms with Gasteiger partial charge in [-0.2, -0.15) is 0 Å². The maximum absolute atomic E-state index is 12.6. The number of hydrogen-bond donors (Lipinski definition) is 2. The Labute approximate surface area is 129 Å². The van der Waals surface area contributed by atoms with Crippen LogP contribution in [0.5, 0.6) is 0 Å². The van der Waals surface area contributed by atoms with Crippen LogP contribution < -0.4 is 10.6 Å². The van der Waals surface area contributed by atoms with Crippen molar-refractivity contribution in [2.24, 2.45) is 11.3 Å². The lowest BCUT2D eigenvalue weighted by Gasteiger charge is -2.41. The Kier molecular flexibility index (Phi) is 4.58. The van der Waals surface area contributed by atoms with Crippen LogP contribution in [0.15, 0.2) is 0 Å². The number of amides is 1. The lowest BCUT2D eigenvalue weighted by Crippen LogP contribution is -2.56. The number of carbonyl (C=O) groups excluding carboxylic acids is 1. The Hall–Kier alpha value is -0.570. The molecule has 2 N–H and O–H groups in total. The van der Waals surface area contributed by atoms with Crippen LogP contribution >= 0.6 is 0 Å². The van der Waals surface area contributed by atoms with Crippen molar-refractivity contribution < 1.29 is 4.79 Å². The van der Waals surface area contributed by atoms with Gasteiger partial charge in [-0.3, -0.25) is 4.79 Å². The van der Waals surface area contributed by atoms with Crippen LogP contribution in [-0.2, 0) is 4.79 Å². The standard InChI is InChI=1S/C18H32N2O/c1-18(2)11-5-7-14(12-18)19-17(21)16-10-9-13-6-3-4-8-15(13)20-16/h13-16,20H,3-12H2,1-2H3,(H,19,21). The van der Waals surface area contributed by atoms with Crippen molar-refractivity contribution in [3.05, 3.63) is 0 Å². The highest BCUT2D eigenvalue weighted by molar-refractivity contribution is 5.82. The van der Waals surface area contributed by atoms with Crippen LogP contribution in [0.2, 0.25) is 0 Å². The molecule has 0 aromatic heterocycles. The molecule has 1 heterocycles. The molecule has 21 heavy (non-hydrogen) atoms. The molecule has 3 aliphatic rings. The summed E-state index contributed by atoms with van der Waals surface area (Å²) in [5.74, 6) is 1.10. The zero-order chi connectivity index (χ0) is 14.9. The fraction of sp³-hybridized carbons (Fsp3) is 0.944. The average molecular weight is 292 g/mol. The van der Waals surface area contributed by atoms with Crippen LogP contribution in [0.4, 0.5) is 0 Å². The highest BCUT2D eigenvalue weighted by Gasteiger charge is 2.36. The van der Waals surface area contributed by atoms with E-state index in [0.717, 1.165) is 25.2 Å². The molecule has 3 fully saturated rings. The van der Waals surface area contributed by atoms with E-state index < -0.39 is 0 Å². The number of nitrogens with one attached hydrogen (secondary N) is 2. The largest absolute Gasteiger partial charge is 0.352 e. The van der Waals surface area contributed by atoms with Gasteiger partial charge in [-0.1, -0.05) is 33.1 Å². The fourth-order valence-electron chi connectivity index (χ4n) is 4.83. The summed E-state index contributed by atoms with van der Waals surface area (Å²) in [5, 5.41) is 6.99. The van der Waals surface area contributed by atoms with E-state index in [1.165, 1.54) is 44.9 Å². The first-order valence-electron chi connectivity index (χ1n) is 9.10. The molecule has 2 aliphatic carbocycles. The van der Waals surface area contributed by atoms with Crippen molar-refractivity contribution >= 4 is 5.91 Å². The molecule has 1 aliphatic heterocycles. The molecule has 1 amide bonds. The highest BCUT2D eigenvalue weighted by Crippen LogP contribution is 2.35. The van der Waals surface area contributed by atoms with Gasteiger partial charge in [0.1, 0.15) is 0 Å². The maximum atomic E-state index is 12.6. The van der Waals surface area contributed by atoms with E-state index in [2.05, 4.69) is 24.5 Å². The molecule has 3 heteroatoms. The average Bonchev–Trinajstić information content (AvgIpc) is 2.45. The van der Waals surface area contributed by atoms with Gasteiger partial charge in [0.15, 0.2) is 0 Å². The van der Waals surface area contributed by atoms with Gasteiger partial charge in [-0.05, 0) is 56.3 Å². The topological polar surface area (TPSA) is 41.1 Å². The van der Waals surface area contributed by atoms with Crippen LogP contribution in [0.3, 0.4) is 0 Å². The molecule has 0 spiro atoms. The second kappa shape index (κ2) is 6.28. The van der Waals surface area contributed by atoms with Gasteiger partial charge in [0.05, 0.1) is 6.04 Å². The van der Waals surface area contributed by atoms with Gasteiger partial charge in [0.25, 0.3) is 0 Å². The molecule has 4 atom stereocenters. The number of hydrogen-bond acceptors (Lipinski definition) is 2. The van der Waals surface area contributed by atoms with E-state index >= 15 is 0 Å². The molecule has 0 bridgehead atoms. The molecule has 3 rings (SSSR count). The minimum absolute atomic E-state index is 0.0642. The van der Waals surface area contributed by atoms with Crippen molar-refractivity contribution in [3.8, 4) is 0 Å². The normalized spacial score (nSPS) is 39.3. The van der Waals surface area contributed by atoms with E-state index in [9.17, 15) is 4.79 Å². The van der Waals surface area contributed by atoms with Crippen LogP contribution in [-0.4, -0.2) is 24.0 Å². The van der Waals surface area contributed by atoms with Crippen LogP contribution in [0, 0.1) is 11.3 Å². The summed E-state index contributed by atoms with van der Waals surface area (Å²) in [4.78, 5) is 12.6. The molecule has 0 radical (unpaired) electrons. The SMILES string of the molecule is CC1(C)CCCC(NC(=O)C2CCC3CCCCC3N2)C1. The highest BCUT2D eigenvalue weighted by atomic mass is 16.2. The number of piperidine rings is 1. The Morgan fingerprint density at radius 1 is 1.05 bits per heavy atom. The monoisotopic (exact) mass is 292 g/mol. The zero-order valence-corrected chi connectivity index (χ0v) is 13.8. The van der Waals surface area contributed by atoms with Gasteiger partial charge < -0.3 is 10.6 Å². The molecule has 0 aromatic carbocycles. The predicted octanol–water partition coefficient (Wildman–Crippen LogP) is 3.38. The van der Waals surface area contributed by atoms with E-state index in [-0.39, 0.29) is 11.9 Å². The first kappa shape index (κ1) is 15.3. The first-order valence-corrected chi connectivity index (χ1v) is 9.10. The van der Waals surface area contributed by atoms with Gasteiger partial charge in [-0.25, -0.2) is 0 Å². The third-order valence-electron chi connectivity index (χ3n) is 6.02. The number of fused-ring (bicyclic) bond motifs is 1. The third kappa shape index (κ3) is 3.80. The van der Waals surface area contributed by atoms with Gasteiger partial charge in [0.2, 0.25) is 5.91 Å². The second-order valence-corrected chi connectivity index (χ2v) is 8.41. The molecule has 120 valence electrons. The molecular weight excluding hydrogens is 260 g/mol. The van der Waals surface area contributed by atoms with Gasteiger partial charge in [0, 0.05) is 12.1 Å². The van der Waals surface area contributed by atoms with E-state index in [0.29, 0.717) is 17.5 Å². The third-order valence-corrected chi connectivity index (χ3v) is 6.02. The lowest BCUT2D eigenvalue weighted by molar-refractivity contribution is -0.125. The smallest absolute Gasteiger partial charge is 0.237 e. The molecule has 4 unspecified atom stereocenters. The summed E-state index contributed by atoms with van der Waals surface area (Å²) in [6.07, 6.45) is 12.5. The minimum Gasteiger partial charge on any atom is -0.352 e. The van der Waals surface area contributed by atoms with Crippen molar-refractivity contribution in [3.63, 3.8) is 0 Å². The quantitative estimate of drug-likeness (QED) is 0.819. The fourth-order valence-corrected chi connectivity index (χ4v) is 4.83. The van der Waals surface area contributed by atoms with Gasteiger partial charge in [-0.15, -0.1) is 0 Å². The summed E-state index contributed by atoms with van der Waals surface area (Å²) in [6.45, 7) is 4.66. The van der Waals surface area contributed by atoms with Crippen molar-refractivity contribution in [1.29, 1.82) is 0 Å². The molecule has 1 saturated heterocycles. The Balaban J connectivity index is 1.51. The summed E-state index contributed by atoms with van der Waals surface area (Å²) >= 11 is 0. The molecular formula is C18H32N2O. The van der Waals surface area contributed by atoms with Crippen molar-refractivity contribution in [1.82, 2.24) is 10.6 Å². The van der Waals surface area contributed by atoms with E-state index in [4.69, 9.17) is 0 Å². The van der Waals surface area contributed by atoms with Crippen molar-refractivity contribution in [2.45, 2.75) is 96.2 Å². The Bertz CT molecular complexity index is 379. The first-order chi connectivity index (χ1) is 10.0. The van der Waals surface area contributed by atoms with Crippen LogP contribution in [0.25, 0.3) is 0 Å². The van der Waals surface area contributed by atoms with Gasteiger partial charge >= 0.3 is 0 Å². The summed E-state index contributed by atoms with van der Waals surface area (Å²) in [7, 11) is 0. The predicted molar refractivity (Wildman–Crippen MR) is 86.1 cm³/mol. The molecule has 3 nitrogen and oxygen atoms in total. The minimum atomic E-state index is 0.0642. The van der Waals surface area contributed by atoms with Crippen molar-refractivity contribution in [2.75, 3.05) is 0 Å². The number of carbonyl (C=O) groups is 1. The van der Waals surface area contributed by atoms with E-state index in [1.54, 1.807) is 0 Å². The lowest BCUT2D eigenvalue weighted by atomic mass is 9.75. The maximum Gasteiger partial charge on any atom is 0.237 e. The summed E-state index contributed by atoms with van der Waals surface area (Å²) in [5.41, 5.74) is 0.394. The Morgan fingerprint density at radius 3 is 2.67 bits per heavy atom. The number of rotatable bonds is 2. The van der Waals surface area contributed by atoms with Crippen LogP contribution in [0.1, 0.15) is 78.1 Å². The summed E-state index contributed by atoms with van der Waals surface area (Å²) in [6, 6.07) is 1.06. The van der Waals surface area contributed by atoms with E-state index in [1.807, 2.05) is 0 Å². The second-order valence-electron chi connectivity index (χ2n) is 8.41. The summed E-state index contributed by atoms with van der Waals surface area (Å²) < 4.78 is 0. The molecule has 0 aromatic rings. The Morgan fingerprint density at radius 2 is 1.86 bits per heavy atom. The molecule has 2 saturated carbocycles. The zero-order valence-electron chi connectivity index (χ0n) is 13.8.